The molecule has 56 valence electrons. The molecule has 0 aliphatic rings. The van der Waals surface area contributed by atoms with Crippen molar-refractivity contribution in [3.8, 4) is 11.8 Å². The molecular formula is C9H14O. The summed E-state index contributed by atoms with van der Waals surface area (Å²) in [5.74, 6) is 5.82. The number of rotatable bonds is 3. The lowest BCUT2D eigenvalue weighted by Crippen LogP contribution is -1.87. The van der Waals surface area contributed by atoms with Crippen molar-refractivity contribution in [2.24, 2.45) is 0 Å². The van der Waals surface area contributed by atoms with Crippen LogP contribution in [0.1, 0.15) is 20.3 Å². The van der Waals surface area contributed by atoms with Crippen LogP contribution in [0.15, 0.2) is 12.2 Å². The van der Waals surface area contributed by atoms with Crippen molar-refractivity contribution in [2.45, 2.75) is 20.3 Å². The Morgan fingerprint density at radius 2 is 2.20 bits per heavy atom. The van der Waals surface area contributed by atoms with E-state index in [9.17, 15) is 0 Å². The molecule has 0 rings (SSSR count). The lowest BCUT2D eigenvalue weighted by atomic mass is 10.4. The van der Waals surface area contributed by atoms with Crippen LogP contribution in [0.3, 0.4) is 0 Å². The van der Waals surface area contributed by atoms with Gasteiger partial charge in [0.05, 0.1) is 6.61 Å². The maximum absolute atomic E-state index is 5.06. The van der Waals surface area contributed by atoms with Gasteiger partial charge in [-0.15, -0.1) is 0 Å². The van der Waals surface area contributed by atoms with E-state index in [0.717, 1.165) is 13.0 Å². The van der Waals surface area contributed by atoms with Gasteiger partial charge in [0.1, 0.15) is 0 Å². The monoisotopic (exact) mass is 138 g/mol. The highest BCUT2D eigenvalue weighted by Crippen LogP contribution is 1.76. The van der Waals surface area contributed by atoms with Crippen molar-refractivity contribution < 1.29 is 4.74 Å². The van der Waals surface area contributed by atoms with E-state index in [1.54, 1.807) is 0 Å². The number of allylic oxidation sites excluding steroid dienone is 1. The zero-order valence-corrected chi connectivity index (χ0v) is 6.68. The average molecular weight is 138 g/mol. The molecule has 0 aromatic carbocycles. The zero-order valence-electron chi connectivity index (χ0n) is 6.68. The Morgan fingerprint density at radius 1 is 1.40 bits per heavy atom. The molecular weight excluding hydrogens is 124 g/mol. The molecule has 0 unspecified atom stereocenters. The van der Waals surface area contributed by atoms with Crippen LogP contribution in [-0.2, 0) is 4.74 Å². The maximum atomic E-state index is 5.06. The lowest BCUT2D eigenvalue weighted by molar-refractivity contribution is 0.177. The predicted octanol–water partition coefficient (Wildman–Crippen LogP) is 1.99. The highest BCUT2D eigenvalue weighted by atomic mass is 16.5. The first-order valence-electron chi connectivity index (χ1n) is 3.63. The highest BCUT2D eigenvalue weighted by Gasteiger charge is 1.71. The molecule has 0 saturated heterocycles. The molecule has 0 aromatic heterocycles. The van der Waals surface area contributed by atoms with Gasteiger partial charge in [0.25, 0.3) is 0 Å². The number of hydrogen-bond acceptors (Lipinski definition) is 1. The summed E-state index contributed by atoms with van der Waals surface area (Å²) in [7, 11) is 0. The molecule has 0 bridgehead atoms. The van der Waals surface area contributed by atoms with Crippen molar-refractivity contribution in [2.75, 3.05) is 13.2 Å². The largest absolute Gasteiger partial charge is 0.378 e. The summed E-state index contributed by atoms with van der Waals surface area (Å²) in [6, 6.07) is 0. The van der Waals surface area contributed by atoms with Crippen LogP contribution in [0, 0.1) is 11.8 Å². The molecule has 0 aromatic rings. The van der Waals surface area contributed by atoms with E-state index < -0.39 is 0 Å². The van der Waals surface area contributed by atoms with Gasteiger partial charge in [-0.2, -0.15) is 0 Å². The minimum atomic E-state index is 0.675. The Hall–Kier alpha value is -0.740. The van der Waals surface area contributed by atoms with Gasteiger partial charge < -0.3 is 4.74 Å². The van der Waals surface area contributed by atoms with Crippen molar-refractivity contribution in [1.82, 2.24) is 0 Å². The van der Waals surface area contributed by atoms with E-state index >= 15 is 0 Å². The van der Waals surface area contributed by atoms with Crippen LogP contribution >= 0.6 is 0 Å². The summed E-state index contributed by atoms with van der Waals surface area (Å²) in [6.07, 6.45) is 4.67. The van der Waals surface area contributed by atoms with Gasteiger partial charge in [-0.3, -0.25) is 0 Å². The van der Waals surface area contributed by atoms with Crippen LogP contribution in [0.2, 0.25) is 0 Å². The van der Waals surface area contributed by atoms with E-state index in [-0.39, 0.29) is 0 Å². The van der Waals surface area contributed by atoms with E-state index in [1.165, 1.54) is 0 Å². The molecule has 0 aliphatic heterocycles. The van der Waals surface area contributed by atoms with Crippen molar-refractivity contribution in [1.29, 1.82) is 0 Å². The quantitative estimate of drug-likeness (QED) is 0.428. The Bertz CT molecular complexity index is 137. The molecule has 0 atom stereocenters. The summed E-state index contributed by atoms with van der Waals surface area (Å²) in [5.41, 5.74) is 0. The molecule has 0 heterocycles. The van der Waals surface area contributed by atoms with Gasteiger partial charge >= 0.3 is 0 Å². The first kappa shape index (κ1) is 9.26. The lowest BCUT2D eigenvalue weighted by Gasteiger charge is -1.89. The van der Waals surface area contributed by atoms with Crippen LogP contribution in [0.25, 0.3) is 0 Å². The van der Waals surface area contributed by atoms with Gasteiger partial charge in [0.2, 0.25) is 0 Å². The fourth-order valence-electron chi connectivity index (χ4n) is 0.454. The fourth-order valence-corrected chi connectivity index (χ4v) is 0.454. The van der Waals surface area contributed by atoms with Gasteiger partial charge in [0, 0.05) is 13.0 Å². The second-order valence-electron chi connectivity index (χ2n) is 1.74. The van der Waals surface area contributed by atoms with Gasteiger partial charge in [-0.25, -0.2) is 0 Å². The highest BCUT2D eigenvalue weighted by molar-refractivity contribution is 5.14. The second kappa shape index (κ2) is 8.26. The summed E-state index contributed by atoms with van der Waals surface area (Å²) < 4.78 is 5.06. The fraction of sp³-hybridized carbons (Fsp3) is 0.556. The molecule has 0 N–H and O–H groups in total. The summed E-state index contributed by atoms with van der Waals surface area (Å²) >= 11 is 0. The second-order valence-corrected chi connectivity index (χ2v) is 1.74. The van der Waals surface area contributed by atoms with Crippen LogP contribution in [-0.4, -0.2) is 13.2 Å². The Labute approximate surface area is 63.1 Å². The molecule has 1 nitrogen and oxygen atoms in total. The van der Waals surface area contributed by atoms with E-state index in [0.29, 0.717) is 6.61 Å². The van der Waals surface area contributed by atoms with Gasteiger partial charge in [-0.1, -0.05) is 24.8 Å². The van der Waals surface area contributed by atoms with Crippen molar-refractivity contribution in [3.63, 3.8) is 0 Å². The van der Waals surface area contributed by atoms with E-state index in [4.69, 9.17) is 4.74 Å². The Kier molecular flexibility index (Phi) is 7.65. The Balaban J connectivity index is 3.19. The minimum absolute atomic E-state index is 0.675. The Morgan fingerprint density at radius 3 is 2.80 bits per heavy atom. The SMILES string of the molecule is CCC#C/C=C/COCC. The minimum Gasteiger partial charge on any atom is -0.378 e. The number of hydrogen-bond donors (Lipinski definition) is 0. The summed E-state index contributed by atoms with van der Waals surface area (Å²) in [6.45, 7) is 5.45. The first-order valence-corrected chi connectivity index (χ1v) is 3.63. The standard InChI is InChI=1S/C9H14O/c1-3-5-6-7-8-9-10-4-2/h7-8H,3-4,9H2,1-2H3/b8-7+. The molecule has 0 aliphatic carbocycles. The third kappa shape index (κ3) is 7.26. The van der Waals surface area contributed by atoms with Crippen LogP contribution in [0.4, 0.5) is 0 Å². The maximum Gasteiger partial charge on any atom is 0.0656 e. The predicted molar refractivity (Wildman–Crippen MR) is 43.7 cm³/mol. The van der Waals surface area contributed by atoms with E-state index in [1.807, 2.05) is 26.0 Å². The number of ether oxygens (including phenoxy) is 1. The molecule has 0 radical (unpaired) electrons. The molecule has 0 fully saturated rings. The van der Waals surface area contributed by atoms with Crippen LogP contribution < -0.4 is 0 Å². The smallest absolute Gasteiger partial charge is 0.0656 e. The molecule has 0 saturated carbocycles. The molecule has 0 spiro atoms. The normalized spacial score (nSPS) is 9.40. The molecule has 1 heteroatoms. The van der Waals surface area contributed by atoms with Crippen molar-refractivity contribution >= 4 is 0 Å². The zero-order chi connectivity index (χ0) is 7.66. The van der Waals surface area contributed by atoms with Crippen LogP contribution in [0.5, 0.6) is 0 Å². The molecule has 10 heavy (non-hydrogen) atoms. The summed E-state index contributed by atoms with van der Waals surface area (Å²) in [4.78, 5) is 0. The van der Waals surface area contributed by atoms with Crippen molar-refractivity contribution in [3.05, 3.63) is 12.2 Å². The van der Waals surface area contributed by atoms with E-state index in [2.05, 4.69) is 11.8 Å². The van der Waals surface area contributed by atoms with Gasteiger partial charge in [0.15, 0.2) is 0 Å². The third-order valence-corrected chi connectivity index (χ3v) is 0.898. The molecule has 0 amide bonds. The third-order valence-electron chi connectivity index (χ3n) is 0.898. The summed E-state index contributed by atoms with van der Waals surface area (Å²) in [5, 5.41) is 0. The van der Waals surface area contributed by atoms with Gasteiger partial charge in [-0.05, 0) is 13.0 Å². The first-order chi connectivity index (χ1) is 4.91. The average Bonchev–Trinajstić information content (AvgIpc) is 1.97. The topological polar surface area (TPSA) is 9.23 Å².